The van der Waals surface area contributed by atoms with Gasteiger partial charge in [-0.3, -0.25) is 4.79 Å². The third-order valence-electron chi connectivity index (χ3n) is 2.64. The van der Waals surface area contributed by atoms with Gasteiger partial charge in [0.2, 0.25) is 5.91 Å². The van der Waals surface area contributed by atoms with E-state index in [1.807, 2.05) is 24.3 Å². The molecule has 0 saturated carbocycles. The van der Waals surface area contributed by atoms with E-state index in [1.165, 1.54) is 0 Å². The summed E-state index contributed by atoms with van der Waals surface area (Å²) in [6.45, 7) is 1.75. The number of aromatic nitrogens is 2. The lowest BCUT2D eigenvalue weighted by atomic mass is 10.2. The summed E-state index contributed by atoms with van der Waals surface area (Å²) in [5, 5.41) is 15.4. The number of fused-ring (bicyclic) bond motifs is 1. The van der Waals surface area contributed by atoms with Crippen molar-refractivity contribution in [2.75, 3.05) is 12.4 Å². The molecule has 0 aliphatic heterocycles. The number of amides is 1. The first-order chi connectivity index (χ1) is 8.63. The van der Waals surface area contributed by atoms with Crippen molar-refractivity contribution in [1.29, 1.82) is 0 Å². The van der Waals surface area contributed by atoms with Crippen LogP contribution in [-0.2, 0) is 4.79 Å². The maximum absolute atomic E-state index is 11.5. The Hall–Kier alpha value is -1.88. The van der Waals surface area contributed by atoms with Gasteiger partial charge in [-0.2, -0.15) is 0 Å². The van der Waals surface area contributed by atoms with Gasteiger partial charge in [-0.05, 0) is 6.92 Å². The summed E-state index contributed by atoms with van der Waals surface area (Å²) in [6, 6.07) is 7.11. The standard InChI is InChI=1S/C12H13ClN4O/c1-7(12(18)14-2)15-11-9-6-4-3-5-8(9)10(13)16-17-11/h3-7H,1-2H3,(H,14,18)(H,15,17). The molecule has 0 aliphatic rings. The van der Waals surface area contributed by atoms with Crippen molar-refractivity contribution < 1.29 is 4.79 Å². The fourth-order valence-corrected chi connectivity index (χ4v) is 1.87. The van der Waals surface area contributed by atoms with E-state index in [0.29, 0.717) is 11.0 Å². The maximum Gasteiger partial charge on any atom is 0.241 e. The largest absolute Gasteiger partial charge is 0.357 e. The molecule has 0 aliphatic carbocycles. The second-order valence-electron chi connectivity index (χ2n) is 3.87. The predicted molar refractivity (Wildman–Crippen MR) is 71.7 cm³/mol. The molecule has 2 N–H and O–H groups in total. The molecule has 1 heterocycles. The van der Waals surface area contributed by atoms with E-state index in [4.69, 9.17) is 11.6 Å². The number of nitrogens with one attached hydrogen (secondary N) is 2. The Kier molecular flexibility index (Phi) is 3.62. The first kappa shape index (κ1) is 12.6. The number of hydrogen-bond donors (Lipinski definition) is 2. The maximum atomic E-state index is 11.5. The van der Waals surface area contributed by atoms with E-state index in [-0.39, 0.29) is 5.91 Å². The number of carbonyl (C=O) groups excluding carboxylic acids is 1. The molecule has 2 rings (SSSR count). The van der Waals surface area contributed by atoms with Crippen LogP contribution in [0.5, 0.6) is 0 Å². The fourth-order valence-electron chi connectivity index (χ4n) is 1.66. The topological polar surface area (TPSA) is 66.9 Å². The van der Waals surface area contributed by atoms with Gasteiger partial charge in [-0.15, -0.1) is 10.2 Å². The minimum absolute atomic E-state index is 0.115. The average molecular weight is 265 g/mol. The van der Waals surface area contributed by atoms with Crippen molar-refractivity contribution in [2.45, 2.75) is 13.0 Å². The lowest BCUT2D eigenvalue weighted by molar-refractivity contribution is -0.121. The molecule has 1 atom stereocenters. The number of benzene rings is 1. The molecule has 1 unspecified atom stereocenters. The summed E-state index contributed by atoms with van der Waals surface area (Å²) < 4.78 is 0. The molecular formula is C12H13ClN4O. The van der Waals surface area contributed by atoms with Gasteiger partial charge in [0.25, 0.3) is 0 Å². The van der Waals surface area contributed by atoms with Crippen LogP contribution in [0.4, 0.5) is 5.82 Å². The van der Waals surface area contributed by atoms with Crippen molar-refractivity contribution >= 4 is 34.1 Å². The molecule has 5 nitrogen and oxygen atoms in total. The van der Waals surface area contributed by atoms with Crippen LogP contribution in [0.3, 0.4) is 0 Å². The smallest absolute Gasteiger partial charge is 0.241 e. The fraction of sp³-hybridized carbons (Fsp3) is 0.250. The molecule has 2 aromatic rings. The molecule has 0 saturated heterocycles. The normalized spacial score (nSPS) is 12.2. The zero-order valence-electron chi connectivity index (χ0n) is 10.1. The first-order valence-corrected chi connectivity index (χ1v) is 5.90. The van der Waals surface area contributed by atoms with E-state index in [2.05, 4.69) is 20.8 Å². The van der Waals surface area contributed by atoms with Gasteiger partial charge < -0.3 is 10.6 Å². The van der Waals surface area contributed by atoms with Gasteiger partial charge in [-0.25, -0.2) is 0 Å². The minimum atomic E-state index is -0.395. The van der Waals surface area contributed by atoms with Gasteiger partial charge in [-0.1, -0.05) is 35.9 Å². The first-order valence-electron chi connectivity index (χ1n) is 5.52. The summed E-state index contributed by atoms with van der Waals surface area (Å²) >= 11 is 5.97. The van der Waals surface area contributed by atoms with Crippen LogP contribution < -0.4 is 10.6 Å². The molecule has 1 amide bonds. The summed E-state index contributed by atoms with van der Waals surface area (Å²) in [6.07, 6.45) is 0. The molecule has 1 aromatic carbocycles. The SMILES string of the molecule is CNC(=O)C(C)Nc1nnc(Cl)c2ccccc12. The number of rotatable bonds is 3. The third-order valence-corrected chi connectivity index (χ3v) is 2.91. The quantitative estimate of drug-likeness (QED) is 0.888. The number of nitrogens with zero attached hydrogens (tertiary/aromatic N) is 2. The highest BCUT2D eigenvalue weighted by molar-refractivity contribution is 6.34. The van der Waals surface area contributed by atoms with Crippen LogP contribution in [0.1, 0.15) is 6.92 Å². The molecule has 0 radical (unpaired) electrons. The Morgan fingerprint density at radius 1 is 1.28 bits per heavy atom. The van der Waals surface area contributed by atoms with Gasteiger partial charge in [0.15, 0.2) is 11.0 Å². The van der Waals surface area contributed by atoms with Crippen molar-refractivity contribution in [1.82, 2.24) is 15.5 Å². The average Bonchev–Trinajstić information content (AvgIpc) is 2.41. The number of anilines is 1. The Morgan fingerprint density at radius 2 is 1.94 bits per heavy atom. The molecular weight excluding hydrogens is 252 g/mol. The molecule has 1 aromatic heterocycles. The predicted octanol–water partition coefficient (Wildman–Crippen LogP) is 1.83. The summed E-state index contributed by atoms with van der Waals surface area (Å²) in [5.74, 6) is 0.432. The van der Waals surface area contributed by atoms with E-state index < -0.39 is 6.04 Å². The van der Waals surface area contributed by atoms with Crippen molar-refractivity contribution in [3.8, 4) is 0 Å². The van der Waals surface area contributed by atoms with Crippen molar-refractivity contribution in [2.24, 2.45) is 0 Å². The van der Waals surface area contributed by atoms with Gasteiger partial charge in [0.1, 0.15) is 6.04 Å². The number of carbonyl (C=O) groups is 1. The van der Waals surface area contributed by atoms with Gasteiger partial charge >= 0.3 is 0 Å². The van der Waals surface area contributed by atoms with Crippen molar-refractivity contribution in [3.63, 3.8) is 0 Å². The van der Waals surface area contributed by atoms with Crippen LogP contribution in [0, 0.1) is 0 Å². The lowest BCUT2D eigenvalue weighted by Gasteiger charge is -2.14. The monoisotopic (exact) mass is 264 g/mol. The number of halogens is 1. The summed E-state index contributed by atoms with van der Waals surface area (Å²) in [7, 11) is 1.59. The highest BCUT2D eigenvalue weighted by atomic mass is 35.5. The van der Waals surface area contributed by atoms with Crippen LogP contribution in [0.2, 0.25) is 5.15 Å². The molecule has 0 spiro atoms. The molecule has 0 fully saturated rings. The Morgan fingerprint density at radius 3 is 2.61 bits per heavy atom. The van der Waals surface area contributed by atoms with Gasteiger partial charge in [0.05, 0.1) is 0 Å². The van der Waals surface area contributed by atoms with Crippen LogP contribution in [0.25, 0.3) is 10.8 Å². The van der Waals surface area contributed by atoms with Crippen LogP contribution in [-0.4, -0.2) is 29.2 Å². The zero-order valence-corrected chi connectivity index (χ0v) is 10.8. The summed E-state index contributed by atoms with van der Waals surface area (Å²) in [5.41, 5.74) is 0. The second kappa shape index (κ2) is 5.18. The Labute approximate surface area is 110 Å². The van der Waals surface area contributed by atoms with Gasteiger partial charge in [0, 0.05) is 17.8 Å². The summed E-state index contributed by atoms with van der Waals surface area (Å²) in [4.78, 5) is 11.5. The Bertz CT molecular complexity index is 587. The van der Waals surface area contributed by atoms with E-state index in [1.54, 1.807) is 14.0 Å². The van der Waals surface area contributed by atoms with Crippen molar-refractivity contribution in [3.05, 3.63) is 29.4 Å². The lowest BCUT2D eigenvalue weighted by Crippen LogP contribution is -2.35. The molecule has 6 heteroatoms. The highest BCUT2D eigenvalue weighted by Gasteiger charge is 2.14. The van der Waals surface area contributed by atoms with E-state index in [0.717, 1.165) is 10.8 Å². The minimum Gasteiger partial charge on any atom is -0.357 e. The van der Waals surface area contributed by atoms with Crippen LogP contribution in [0.15, 0.2) is 24.3 Å². The number of likely N-dealkylation sites (N-methyl/N-ethyl adjacent to an activating group) is 1. The van der Waals surface area contributed by atoms with E-state index in [9.17, 15) is 4.79 Å². The number of hydrogen-bond acceptors (Lipinski definition) is 4. The van der Waals surface area contributed by atoms with Crippen LogP contribution >= 0.6 is 11.6 Å². The molecule has 0 bridgehead atoms. The van der Waals surface area contributed by atoms with E-state index >= 15 is 0 Å². The Balaban J connectivity index is 2.40. The molecule has 94 valence electrons. The second-order valence-corrected chi connectivity index (χ2v) is 4.22. The zero-order chi connectivity index (χ0) is 13.1. The highest BCUT2D eigenvalue weighted by Crippen LogP contribution is 2.25. The molecule has 18 heavy (non-hydrogen) atoms. The third kappa shape index (κ3) is 2.36.